The van der Waals surface area contributed by atoms with Gasteiger partial charge in [0.1, 0.15) is 0 Å². The summed E-state index contributed by atoms with van der Waals surface area (Å²) < 4.78 is 10.2. The fourth-order valence-electron chi connectivity index (χ4n) is 2.28. The van der Waals surface area contributed by atoms with Crippen LogP contribution in [0.25, 0.3) is 0 Å². The molecule has 5 heteroatoms. The fourth-order valence-corrected chi connectivity index (χ4v) is 2.28. The number of carbonyl (C=O) groups excluding carboxylic acids is 1. The summed E-state index contributed by atoms with van der Waals surface area (Å²) in [6.07, 6.45) is 0. The molecule has 0 saturated carbocycles. The molecule has 0 aromatic heterocycles. The van der Waals surface area contributed by atoms with Crippen LogP contribution in [-0.4, -0.2) is 45.9 Å². The Hall–Kier alpha value is -1.75. The number of carbonyl (C=O) groups is 1. The summed E-state index contributed by atoms with van der Waals surface area (Å²) in [6, 6.07) is 8.27. The van der Waals surface area contributed by atoms with E-state index in [4.69, 9.17) is 9.47 Å². The van der Waals surface area contributed by atoms with Gasteiger partial charge in [-0.05, 0) is 38.1 Å². The molecule has 1 N–H and O–H groups in total. The van der Waals surface area contributed by atoms with E-state index in [0.29, 0.717) is 6.54 Å². The first-order valence-corrected chi connectivity index (χ1v) is 7.28. The molecular formula is C16H24N2O3. The Morgan fingerprint density at radius 2 is 1.90 bits per heavy atom. The van der Waals surface area contributed by atoms with Crippen LogP contribution in [0.1, 0.15) is 13.8 Å². The van der Waals surface area contributed by atoms with Gasteiger partial charge >= 0.3 is 5.97 Å². The van der Waals surface area contributed by atoms with Gasteiger partial charge in [-0.25, -0.2) is 0 Å². The van der Waals surface area contributed by atoms with Gasteiger partial charge in [-0.3, -0.25) is 4.79 Å². The van der Waals surface area contributed by atoms with Gasteiger partial charge in [-0.1, -0.05) is 0 Å². The average Bonchev–Trinajstić information content (AvgIpc) is 2.53. The molecule has 0 unspecified atom stereocenters. The topological polar surface area (TPSA) is 50.8 Å². The van der Waals surface area contributed by atoms with Crippen molar-refractivity contribution in [3.8, 4) is 0 Å². The average molecular weight is 292 g/mol. The summed E-state index contributed by atoms with van der Waals surface area (Å²) in [4.78, 5) is 13.9. The van der Waals surface area contributed by atoms with Crippen molar-refractivity contribution in [2.75, 3.05) is 50.2 Å². The highest BCUT2D eigenvalue weighted by Gasteiger charge is 2.28. The third-order valence-electron chi connectivity index (χ3n) is 3.72. The summed E-state index contributed by atoms with van der Waals surface area (Å²) in [7, 11) is 1.42. The zero-order valence-corrected chi connectivity index (χ0v) is 13.0. The Balaban J connectivity index is 1.91. The van der Waals surface area contributed by atoms with E-state index < -0.39 is 5.41 Å². The van der Waals surface area contributed by atoms with Crippen LogP contribution in [0.2, 0.25) is 0 Å². The Morgan fingerprint density at radius 1 is 1.29 bits per heavy atom. The Labute approximate surface area is 126 Å². The SMILES string of the molecule is COC(=O)C(C)(C)CNc1ccc(N2CCOCC2)cc1. The van der Waals surface area contributed by atoms with Crippen molar-refractivity contribution in [1.82, 2.24) is 0 Å². The zero-order valence-electron chi connectivity index (χ0n) is 13.0. The molecule has 116 valence electrons. The molecule has 0 atom stereocenters. The molecule has 2 rings (SSSR count). The summed E-state index contributed by atoms with van der Waals surface area (Å²) in [5.41, 5.74) is 1.66. The number of anilines is 2. The minimum Gasteiger partial charge on any atom is -0.469 e. The molecule has 1 fully saturated rings. The van der Waals surface area contributed by atoms with Crippen LogP contribution in [0, 0.1) is 5.41 Å². The number of morpholine rings is 1. The van der Waals surface area contributed by atoms with Crippen LogP contribution in [-0.2, 0) is 14.3 Å². The number of hydrogen-bond donors (Lipinski definition) is 1. The summed E-state index contributed by atoms with van der Waals surface area (Å²) >= 11 is 0. The van der Waals surface area contributed by atoms with E-state index in [1.165, 1.54) is 12.8 Å². The molecule has 0 spiro atoms. The zero-order chi connectivity index (χ0) is 15.3. The normalized spacial score (nSPS) is 15.7. The van der Waals surface area contributed by atoms with Crippen molar-refractivity contribution < 1.29 is 14.3 Å². The standard InChI is InChI=1S/C16H24N2O3/c1-16(2,15(19)20-3)12-17-13-4-6-14(7-5-13)18-8-10-21-11-9-18/h4-7,17H,8-12H2,1-3H3. The summed E-state index contributed by atoms with van der Waals surface area (Å²) in [5.74, 6) is -0.208. The minimum absolute atomic E-state index is 0.208. The highest BCUT2D eigenvalue weighted by molar-refractivity contribution is 5.76. The lowest BCUT2D eigenvalue weighted by Crippen LogP contribution is -2.36. The molecule has 1 saturated heterocycles. The first-order chi connectivity index (χ1) is 10.0. The van der Waals surface area contributed by atoms with Crippen LogP contribution < -0.4 is 10.2 Å². The number of esters is 1. The smallest absolute Gasteiger partial charge is 0.313 e. The molecule has 21 heavy (non-hydrogen) atoms. The van der Waals surface area contributed by atoms with Gasteiger partial charge in [0.15, 0.2) is 0 Å². The number of rotatable bonds is 5. The second-order valence-corrected chi connectivity index (χ2v) is 5.88. The Bertz CT molecular complexity index is 465. The van der Waals surface area contributed by atoms with Gasteiger partial charge in [-0.2, -0.15) is 0 Å². The summed E-state index contributed by atoms with van der Waals surface area (Å²) in [6.45, 7) is 7.71. The van der Waals surface area contributed by atoms with Crippen LogP contribution in [0.4, 0.5) is 11.4 Å². The van der Waals surface area contributed by atoms with Crippen LogP contribution >= 0.6 is 0 Å². The number of nitrogens with one attached hydrogen (secondary N) is 1. The second-order valence-electron chi connectivity index (χ2n) is 5.88. The van der Waals surface area contributed by atoms with Crippen molar-refractivity contribution >= 4 is 17.3 Å². The lowest BCUT2D eigenvalue weighted by Gasteiger charge is -2.29. The molecule has 1 aromatic carbocycles. The predicted molar refractivity (Wildman–Crippen MR) is 83.8 cm³/mol. The molecule has 1 aliphatic rings. The monoisotopic (exact) mass is 292 g/mol. The molecule has 1 aliphatic heterocycles. The quantitative estimate of drug-likeness (QED) is 0.843. The third-order valence-corrected chi connectivity index (χ3v) is 3.72. The Morgan fingerprint density at radius 3 is 2.48 bits per heavy atom. The van der Waals surface area contributed by atoms with Crippen molar-refractivity contribution in [3.05, 3.63) is 24.3 Å². The van der Waals surface area contributed by atoms with E-state index in [1.54, 1.807) is 0 Å². The lowest BCUT2D eigenvalue weighted by molar-refractivity contribution is -0.149. The lowest BCUT2D eigenvalue weighted by atomic mass is 9.93. The van der Waals surface area contributed by atoms with Gasteiger partial charge in [-0.15, -0.1) is 0 Å². The van der Waals surface area contributed by atoms with Gasteiger partial charge in [0.2, 0.25) is 0 Å². The largest absolute Gasteiger partial charge is 0.469 e. The van der Waals surface area contributed by atoms with Gasteiger partial charge in [0, 0.05) is 31.0 Å². The van der Waals surface area contributed by atoms with Crippen molar-refractivity contribution in [1.29, 1.82) is 0 Å². The number of nitrogens with zero attached hydrogens (tertiary/aromatic N) is 1. The molecule has 1 aromatic rings. The van der Waals surface area contributed by atoms with E-state index in [-0.39, 0.29) is 5.97 Å². The van der Waals surface area contributed by atoms with Crippen molar-refractivity contribution in [2.24, 2.45) is 5.41 Å². The van der Waals surface area contributed by atoms with Gasteiger partial charge < -0.3 is 19.7 Å². The maximum atomic E-state index is 11.6. The Kier molecular flexibility index (Phi) is 5.07. The van der Waals surface area contributed by atoms with Gasteiger partial charge in [0.25, 0.3) is 0 Å². The van der Waals surface area contributed by atoms with Crippen molar-refractivity contribution in [2.45, 2.75) is 13.8 Å². The maximum absolute atomic E-state index is 11.6. The number of benzene rings is 1. The van der Waals surface area contributed by atoms with E-state index >= 15 is 0 Å². The second kappa shape index (κ2) is 6.80. The van der Waals surface area contributed by atoms with E-state index in [0.717, 1.165) is 32.0 Å². The number of methoxy groups -OCH3 is 1. The summed E-state index contributed by atoms with van der Waals surface area (Å²) in [5, 5.41) is 3.29. The molecule has 0 bridgehead atoms. The molecule has 0 aliphatic carbocycles. The minimum atomic E-state index is -0.544. The molecule has 0 amide bonds. The van der Waals surface area contributed by atoms with E-state index in [1.807, 2.05) is 26.0 Å². The first kappa shape index (κ1) is 15.6. The highest BCUT2D eigenvalue weighted by atomic mass is 16.5. The van der Waals surface area contributed by atoms with Crippen molar-refractivity contribution in [3.63, 3.8) is 0 Å². The number of ether oxygens (including phenoxy) is 2. The van der Waals surface area contributed by atoms with E-state index in [2.05, 4.69) is 22.3 Å². The molecular weight excluding hydrogens is 268 g/mol. The molecule has 0 radical (unpaired) electrons. The number of hydrogen-bond acceptors (Lipinski definition) is 5. The fraction of sp³-hybridized carbons (Fsp3) is 0.562. The third kappa shape index (κ3) is 4.11. The highest BCUT2D eigenvalue weighted by Crippen LogP contribution is 2.22. The predicted octanol–water partition coefficient (Wildman–Crippen LogP) is 2.13. The van der Waals surface area contributed by atoms with Gasteiger partial charge in [0.05, 0.1) is 25.7 Å². The molecule has 5 nitrogen and oxygen atoms in total. The maximum Gasteiger partial charge on any atom is 0.313 e. The van der Waals surface area contributed by atoms with Crippen LogP contribution in [0.15, 0.2) is 24.3 Å². The first-order valence-electron chi connectivity index (χ1n) is 7.28. The van der Waals surface area contributed by atoms with E-state index in [9.17, 15) is 4.79 Å². The van der Waals surface area contributed by atoms with Crippen LogP contribution in [0.3, 0.4) is 0 Å². The van der Waals surface area contributed by atoms with Crippen LogP contribution in [0.5, 0.6) is 0 Å². The molecule has 1 heterocycles.